The molecule has 234 valence electrons. The second-order valence-electron chi connectivity index (χ2n) is 12.4. The molecule has 8 aromatic carbocycles. The first-order chi connectivity index (χ1) is 27.7. The quantitative estimate of drug-likeness (QED) is 0.177. The van der Waals surface area contributed by atoms with Gasteiger partial charge in [0, 0.05) is 32.9 Å². The molecule has 0 spiro atoms. The van der Waals surface area contributed by atoms with E-state index in [1.807, 2.05) is 109 Å². The van der Waals surface area contributed by atoms with Gasteiger partial charge < -0.3 is 9.13 Å². The Hall–Kier alpha value is -6.64. The fraction of sp³-hybridized carbons (Fsp3) is 0. The summed E-state index contributed by atoms with van der Waals surface area (Å²) in [5.74, 6) is 0. The highest BCUT2D eigenvalue weighted by Crippen LogP contribution is 2.41. The molecular formula is C48H32N2. The number of hydrogen-bond donors (Lipinski definition) is 0. The van der Waals surface area contributed by atoms with Crippen LogP contribution in [0.2, 0.25) is 0 Å². The summed E-state index contributed by atoms with van der Waals surface area (Å²) < 4.78 is 68.2. The van der Waals surface area contributed by atoms with E-state index >= 15 is 0 Å². The maximum absolute atomic E-state index is 9.82. The zero-order valence-corrected chi connectivity index (χ0v) is 26.8. The molecule has 0 N–H and O–H groups in total. The van der Waals surface area contributed by atoms with Crippen molar-refractivity contribution in [2.75, 3.05) is 0 Å². The van der Waals surface area contributed by atoms with Crippen molar-refractivity contribution in [3.05, 3.63) is 194 Å². The maximum atomic E-state index is 9.82. The normalized spacial score (nSPS) is 13.6. The largest absolute Gasteiger partial charge is 0.309 e. The third-order valence-corrected chi connectivity index (χ3v) is 9.57. The number of nitrogens with zero attached hydrogens (tertiary/aromatic N) is 2. The lowest BCUT2D eigenvalue weighted by Crippen LogP contribution is -1.94. The summed E-state index contributed by atoms with van der Waals surface area (Å²) in [7, 11) is 0. The van der Waals surface area contributed by atoms with Gasteiger partial charge in [0.15, 0.2) is 0 Å². The first-order valence-electron chi connectivity index (χ1n) is 20.1. The van der Waals surface area contributed by atoms with Gasteiger partial charge in [0.25, 0.3) is 0 Å². The van der Waals surface area contributed by atoms with Crippen LogP contribution in [0.25, 0.3) is 88.4 Å². The van der Waals surface area contributed by atoms with Crippen LogP contribution in [0.4, 0.5) is 0 Å². The molecule has 0 aliphatic heterocycles. The van der Waals surface area contributed by atoms with Crippen molar-refractivity contribution in [2.45, 2.75) is 0 Å². The zero-order valence-electron chi connectivity index (χ0n) is 33.8. The Labute approximate surface area is 300 Å². The topological polar surface area (TPSA) is 9.86 Å². The number of benzene rings is 8. The predicted molar refractivity (Wildman–Crippen MR) is 211 cm³/mol. The Kier molecular flexibility index (Phi) is 5.08. The fourth-order valence-electron chi connectivity index (χ4n) is 7.29. The lowest BCUT2D eigenvalue weighted by atomic mass is 9.97. The average molecular weight is 644 g/mol. The van der Waals surface area contributed by atoms with E-state index in [0.29, 0.717) is 11.3 Å². The number of hydrogen-bond acceptors (Lipinski definition) is 0. The van der Waals surface area contributed by atoms with Gasteiger partial charge in [-0.3, -0.25) is 0 Å². The third-order valence-electron chi connectivity index (χ3n) is 9.57. The minimum absolute atomic E-state index is 0.0740. The summed E-state index contributed by atoms with van der Waals surface area (Å²) in [5.41, 5.74) is 8.70. The molecule has 0 atom stereocenters. The first-order valence-corrected chi connectivity index (χ1v) is 16.6. The molecule has 0 aliphatic rings. The van der Waals surface area contributed by atoms with E-state index in [9.17, 15) is 4.11 Å². The van der Waals surface area contributed by atoms with Crippen molar-refractivity contribution in [1.29, 1.82) is 0 Å². The Morgan fingerprint density at radius 1 is 0.360 bits per heavy atom. The molecule has 2 heteroatoms. The van der Waals surface area contributed by atoms with E-state index in [4.69, 9.17) is 5.48 Å². The van der Waals surface area contributed by atoms with Crippen LogP contribution >= 0.6 is 0 Å². The summed E-state index contributed by atoms with van der Waals surface area (Å²) in [4.78, 5) is 0. The summed E-state index contributed by atoms with van der Waals surface area (Å²) in [5, 5.41) is 2.28. The van der Waals surface area contributed by atoms with Crippen LogP contribution in [0.1, 0.15) is 9.60 Å². The molecule has 0 radical (unpaired) electrons. The minimum Gasteiger partial charge on any atom is -0.309 e. The van der Waals surface area contributed by atoms with Gasteiger partial charge in [-0.2, -0.15) is 0 Å². The fourth-order valence-corrected chi connectivity index (χ4v) is 7.29. The molecule has 50 heavy (non-hydrogen) atoms. The highest BCUT2D eigenvalue weighted by Gasteiger charge is 2.18. The SMILES string of the molecule is [2H]c1c([2H])c([2H])c2c(c1[2H])c1c([2H])c(-c3ccc4c(c3)c3c(-c5ccccc5)cccc3n4-c3ccccc3)c([2H])c([2H])c1n2-c1ccc(-c2ccccc2)cc1. The van der Waals surface area contributed by atoms with Crippen LogP contribution < -0.4 is 0 Å². The summed E-state index contributed by atoms with van der Waals surface area (Å²) in [6, 6.07) is 48.1. The second-order valence-corrected chi connectivity index (χ2v) is 12.4. The van der Waals surface area contributed by atoms with Crippen LogP contribution in [0.15, 0.2) is 194 Å². The monoisotopic (exact) mass is 643 g/mol. The lowest BCUT2D eigenvalue weighted by Gasteiger charge is -2.10. The van der Waals surface area contributed by atoms with Crippen molar-refractivity contribution >= 4 is 43.6 Å². The molecule has 2 heterocycles. The Bertz CT molecular complexity index is 3230. The molecule has 0 fully saturated rings. The molecule has 0 unspecified atom stereocenters. The van der Waals surface area contributed by atoms with Crippen LogP contribution in [0.3, 0.4) is 0 Å². The molecule has 10 rings (SSSR count). The van der Waals surface area contributed by atoms with Gasteiger partial charge in [-0.25, -0.2) is 0 Å². The maximum Gasteiger partial charge on any atom is 0.0645 e. The number of fused-ring (bicyclic) bond motifs is 6. The van der Waals surface area contributed by atoms with E-state index in [0.717, 1.165) is 49.7 Å². The predicted octanol–water partition coefficient (Wildman–Crippen LogP) is 12.9. The Balaban J connectivity index is 1.28. The smallest absolute Gasteiger partial charge is 0.0645 e. The Morgan fingerprint density at radius 3 is 1.76 bits per heavy atom. The highest BCUT2D eigenvalue weighted by atomic mass is 15.0. The number of aromatic nitrogens is 2. The van der Waals surface area contributed by atoms with Crippen LogP contribution in [-0.4, -0.2) is 9.13 Å². The molecule has 0 aliphatic carbocycles. The van der Waals surface area contributed by atoms with Gasteiger partial charge in [0.1, 0.15) is 0 Å². The van der Waals surface area contributed by atoms with Gasteiger partial charge in [-0.15, -0.1) is 0 Å². The summed E-state index contributed by atoms with van der Waals surface area (Å²) in [6.45, 7) is 0. The average Bonchev–Trinajstić information content (AvgIpc) is 3.79. The molecule has 2 aromatic heterocycles. The minimum atomic E-state index is -0.419. The third kappa shape index (κ3) is 4.50. The van der Waals surface area contributed by atoms with Gasteiger partial charge >= 0.3 is 0 Å². The first kappa shape index (κ1) is 22.1. The molecule has 0 saturated carbocycles. The van der Waals surface area contributed by atoms with Crippen LogP contribution in [0.5, 0.6) is 0 Å². The summed E-state index contributed by atoms with van der Waals surface area (Å²) in [6.07, 6.45) is 0. The summed E-state index contributed by atoms with van der Waals surface area (Å²) >= 11 is 0. The molecule has 0 saturated heterocycles. The molecule has 0 amide bonds. The van der Waals surface area contributed by atoms with E-state index in [-0.39, 0.29) is 57.6 Å². The van der Waals surface area contributed by atoms with Crippen molar-refractivity contribution in [2.24, 2.45) is 0 Å². The second kappa shape index (κ2) is 11.5. The Morgan fingerprint density at radius 2 is 0.980 bits per heavy atom. The van der Waals surface area contributed by atoms with Gasteiger partial charge in [0.2, 0.25) is 0 Å². The van der Waals surface area contributed by atoms with Crippen molar-refractivity contribution in [3.63, 3.8) is 0 Å². The molecule has 10 aromatic rings. The van der Waals surface area contributed by atoms with Crippen LogP contribution in [0, 0.1) is 0 Å². The van der Waals surface area contributed by atoms with E-state index in [1.165, 1.54) is 0 Å². The molecule has 2 nitrogen and oxygen atoms in total. The van der Waals surface area contributed by atoms with Crippen molar-refractivity contribution in [1.82, 2.24) is 9.13 Å². The van der Waals surface area contributed by atoms with E-state index in [2.05, 4.69) is 47.0 Å². The van der Waals surface area contributed by atoms with E-state index in [1.54, 1.807) is 4.57 Å². The van der Waals surface area contributed by atoms with E-state index < -0.39 is 12.1 Å². The van der Waals surface area contributed by atoms with Gasteiger partial charge in [-0.1, -0.05) is 133 Å². The van der Waals surface area contributed by atoms with Crippen LogP contribution in [-0.2, 0) is 0 Å². The zero-order chi connectivity index (χ0) is 39.1. The van der Waals surface area contributed by atoms with Crippen molar-refractivity contribution < 1.29 is 9.60 Å². The standard InChI is InChI=1S/C48H32N2/c1-4-13-33(14-5-1)34-23-27-39(28-24-34)49-44-21-11-10-19-41(44)42-31-36(25-29-45(42)49)37-26-30-46-43(32-37)48-40(35-15-6-2-7-16-35)20-12-22-47(48)50(46)38-17-8-3-9-18-38/h1-32H/i10D,11D,19D,21D,25D,29D,31D. The molecular weight excluding hydrogens is 605 g/mol. The van der Waals surface area contributed by atoms with Gasteiger partial charge in [-0.05, 0) is 94.0 Å². The van der Waals surface area contributed by atoms with Gasteiger partial charge in [0.05, 0.1) is 31.7 Å². The number of rotatable bonds is 5. The highest BCUT2D eigenvalue weighted by molar-refractivity contribution is 6.17. The van der Waals surface area contributed by atoms with Crippen molar-refractivity contribution in [3.8, 4) is 44.8 Å². The number of para-hydroxylation sites is 2. The molecule has 0 bridgehead atoms. The lowest BCUT2D eigenvalue weighted by molar-refractivity contribution is 1.18.